The topological polar surface area (TPSA) is 87.7 Å². The molecule has 0 aliphatic rings. The summed E-state index contributed by atoms with van der Waals surface area (Å²) in [5.41, 5.74) is 0.254. The average molecular weight is 493 g/mol. The van der Waals surface area contributed by atoms with Crippen LogP contribution >= 0.6 is 11.3 Å². The largest absolute Gasteiger partial charge is 0.285 e. The maximum absolute atomic E-state index is 15.6. The fraction of sp³-hybridized carbons (Fsp3) is 0.182. The van der Waals surface area contributed by atoms with E-state index in [4.69, 9.17) is 0 Å². The first-order valence-electron chi connectivity index (χ1n) is 9.75. The lowest BCUT2D eigenvalue weighted by Crippen LogP contribution is -2.17. The van der Waals surface area contributed by atoms with Crippen molar-refractivity contribution in [2.75, 3.05) is 4.72 Å². The molecule has 11 heteroatoms. The van der Waals surface area contributed by atoms with Crippen LogP contribution in [0.25, 0.3) is 21.7 Å². The number of anilines is 1. The second-order valence-electron chi connectivity index (χ2n) is 8.26. The molecule has 0 fully saturated rings. The number of hydrogen-bond donors (Lipinski definition) is 2. The Morgan fingerprint density at radius 1 is 1.03 bits per heavy atom. The van der Waals surface area contributed by atoms with Crippen molar-refractivity contribution in [3.8, 4) is 21.7 Å². The number of hydrogen-bond acceptors (Lipinski definition) is 5. The molecule has 6 nitrogen and oxygen atoms in total. The molecule has 2 aromatic heterocycles. The number of nitrogens with zero attached hydrogens (tertiary/aromatic N) is 2. The Hall–Kier alpha value is -3.18. The van der Waals surface area contributed by atoms with Gasteiger partial charge in [-0.15, -0.1) is 11.3 Å². The Labute approximate surface area is 192 Å². The molecule has 0 unspecified atom stereocenters. The molecule has 4 rings (SSSR count). The van der Waals surface area contributed by atoms with E-state index in [2.05, 4.69) is 15.2 Å². The minimum absolute atomic E-state index is 0.0344. The normalized spacial score (nSPS) is 12.2. The highest BCUT2D eigenvalue weighted by molar-refractivity contribution is 7.92. The minimum Gasteiger partial charge on any atom is -0.285 e. The summed E-state index contributed by atoms with van der Waals surface area (Å²) in [4.78, 5) is 4.10. The Balaban J connectivity index is 1.83. The van der Waals surface area contributed by atoms with Crippen molar-refractivity contribution < 1.29 is 21.6 Å². The molecule has 172 valence electrons. The number of rotatable bonds is 5. The third-order valence-electron chi connectivity index (χ3n) is 4.71. The summed E-state index contributed by atoms with van der Waals surface area (Å²) in [5.74, 6) is -3.49. The monoisotopic (exact) mass is 492 g/mol. The Morgan fingerprint density at radius 3 is 2.30 bits per heavy atom. The van der Waals surface area contributed by atoms with Gasteiger partial charge in [-0.3, -0.25) is 9.82 Å². The Kier molecular flexibility index (Phi) is 5.79. The summed E-state index contributed by atoms with van der Waals surface area (Å²) < 4.78 is 70.9. The average Bonchev–Trinajstić information content (AvgIpc) is 3.38. The van der Waals surface area contributed by atoms with Crippen LogP contribution < -0.4 is 4.72 Å². The molecule has 0 aliphatic heterocycles. The second kappa shape index (κ2) is 8.31. The number of aromatic nitrogens is 3. The zero-order valence-electron chi connectivity index (χ0n) is 17.8. The molecule has 0 bridgehead atoms. The molecule has 4 aromatic rings. The molecule has 0 amide bonds. The quantitative estimate of drug-likeness (QED) is 0.373. The van der Waals surface area contributed by atoms with Gasteiger partial charge in [-0.1, -0.05) is 32.9 Å². The van der Waals surface area contributed by atoms with E-state index in [1.165, 1.54) is 29.5 Å². The van der Waals surface area contributed by atoms with Crippen molar-refractivity contribution in [3.63, 3.8) is 0 Å². The smallest absolute Gasteiger partial charge is 0.267 e. The lowest BCUT2D eigenvalue weighted by molar-refractivity contribution is 0.521. The third-order valence-corrected chi connectivity index (χ3v) is 7.66. The zero-order valence-corrected chi connectivity index (χ0v) is 19.4. The molecular weight excluding hydrogens is 473 g/mol. The number of sulfonamides is 1. The maximum Gasteiger partial charge on any atom is 0.267 e. The molecule has 0 spiro atoms. The number of H-pyrrole nitrogens is 1. The van der Waals surface area contributed by atoms with Crippen LogP contribution in [0.5, 0.6) is 0 Å². The molecular formula is C22H19F3N4O2S2. The number of thiazole rings is 1. The van der Waals surface area contributed by atoms with Crippen LogP contribution in [0, 0.1) is 17.5 Å². The van der Waals surface area contributed by atoms with Gasteiger partial charge in [0.15, 0.2) is 10.7 Å². The van der Waals surface area contributed by atoms with E-state index in [-0.39, 0.29) is 11.0 Å². The van der Waals surface area contributed by atoms with Crippen LogP contribution in [0.3, 0.4) is 0 Å². The molecule has 2 N–H and O–H groups in total. The van der Waals surface area contributed by atoms with Gasteiger partial charge >= 0.3 is 0 Å². The van der Waals surface area contributed by atoms with Crippen LogP contribution in [0.1, 0.15) is 25.8 Å². The predicted molar refractivity (Wildman–Crippen MR) is 121 cm³/mol. The van der Waals surface area contributed by atoms with E-state index in [1.54, 1.807) is 12.4 Å². The Bertz CT molecular complexity index is 1410. The van der Waals surface area contributed by atoms with E-state index in [0.717, 1.165) is 23.2 Å². The fourth-order valence-corrected chi connectivity index (χ4v) is 5.44. The molecule has 0 aliphatic carbocycles. The van der Waals surface area contributed by atoms with E-state index in [9.17, 15) is 17.2 Å². The van der Waals surface area contributed by atoms with Gasteiger partial charge < -0.3 is 0 Å². The summed E-state index contributed by atoms with van der Waals surface area (Å²) in [6, 6.07) is 6.72. The SMILES string of the molecule is CC(C)(C)c1nc(-c2cccc(NS(=O)(=O)c3c(F)cccc3F)c2F)c(-c2cn[nH]c2)s1. The van der Waals surface area contributed by atoms with Crippen LogP contribution in [0.4, 0.5) is 18.9 Å². The fourth-order valence-electron chi connectivity index (χ4n) is 3.12. The van der Waals surface area contributed by atoms with Gasteiger partial charge in [0.25, 0.3) is 10.0 Å². The van der Waals surface area contributed by atoms with Crippen molar-refractivity contribution in [2.24, 2.45) is 0 Å². The van der Waals surface area contributed by atoms with Gasteiger partial charge in [0, 0.05) is 22.7 Å². The first kappa shape index (κ1) is 23.0. The Morgan fingerprint density at radius 2 is 1.70 bits per heavy atom. The summed E-state index contributed by atoms with van der Waals surface area (Å²) in [6.07, 6.45) is 3.23. The zero-order chi connectivity index (χ0) is 24.0. The minimum atomic E-state index is -4.74. The summed E-state index contributed by atoms with van der Waals surface area (Å²) in [5, 5.41) is 7.40. The van der Waals surface area contributed by atoms with Gasteiger partial charge in [-0.05, 0) is 24.3 Å². The molecule has 0 atom stereocenters. The standard InChI is InChI=1S/C22H19F3N4O2S2/c1-22(2,3)21-28-18(19(32-21)12-10-26-27-11-12)13-6-4-9-16(17(13)25)29-33(30,31)20-14(23)7-5-8-15(20)24/h4-11,29H,1-3H3,(H,26,27). The van der Waals surface area contributed by atoms with E-state index in [0.29, 0.717) is 16.1 Å². The van der Waals surface area contributed by atoms with Crippen molar-refractivity contribution in [1.29, 1.82) is 0 Å². The molecule has 0 saturated heterocycles. The van der Waals surface area contributed by atoms with Crippen molar-refractivity contribution in [1.82, 2.24) is 15.2 Å². The van der Waals surface area contributed by atoms with E-state index >= 15 is 4.39 Å². The number of aromatic amines is 1. The maximum atomic E-state index is 15.6. The number of nitrogens with one attached hydrogen (secondary N) is 2. The summed E-state index contributed by atoms with van der Waals surface area (Å²) >= 11 is 1.37. The highest BCUT2D eigenvalue weighted by atomic mass is 32.2. The van der Waals surface area contributed by atoms with Crippen molar-refractivity contribution in [3.05, 3.63) is 71.3 Å². The lowest BCUT2D eigenvalue weighted by atomic mass is 9.98. The third kappa shape index (κ3) is 4.38. The van der Waals surface area contributed by atoms with Gasteiger partial charge in [-0.2, -0.15) is 5.10 Å². The highest BCUT2D eigenvalue weighted by Crippen LogP contribution is 2.42. The predicted octanol–water partition coefficient (Wildman–Crippen LogP) is 5.72. The summed E-state index contributed by atoms with van der Waals surface area (Å²) in [6.45, 7) is 5.91. The van der Waals surface area contributed by atoms with E-state index in [1.807, 2.05) is 25.5 Å². The molecule has 0 saturated carbocycles. The van der Waals surface area contributed by atoms with Crippen LogP contribution in [0.15, 0.2) is 53.7 Å². The van der Waals surface area contributed by atoms with Crippen molar-refractivity contribution >= 4 is 27.0 Å². The van der Waals surface area contributed by atoms with Crippen LogP contribution in [-0.2, 0) is 15.4 Å². The highest BCUT2D eigenvalue weighted by Gasteiger charge is 2.28. The van der Waals surface area contributed by atoms with Gasteiger partial charge in [0.1, 0.15) is 11.6 Å². The molecule has 0 radical (unpaired) electrons. The van der Waals surface area contributed by atoms with Crippen LogP contribution in [0.2, 0.25) is 0 Å². The first-order chi connectivity index (χ1) is 15.5. The summed E-state index contributed by atoms with van der Waals surface area (Å²) in [7, 11) is -4.74. The van der Waals surface area contributed by atoms with Crippen LogP contribution in [-0.4, -0.2) is 23.6 Å². The van der Waals surface area contributed by atoms with Gasteiger partial charge in [0.2, 0.25) is 0 Å². The van der Waals surface area contributed by atoms with Crippen molar-refractivity contribution in [2.45, 2.75) is 31.1 Å². The van der Waals surface area contributed by atoms with Gasteiger partial charge in [-0.25, -0.2) is 26.6 Å². The molecule has 33 heavy (non-hydrogen) atoms. The number of halogens is 3. The molecule has 2 aromatic carbocycles. The first-order valence-corrected chi connectivity index (χ1v) is 12.0. The van der Waals surface area contributed by atoms with E-state index < -0.39 is 38.1 Å². The second-order valence-corrected chi connectivity index (χ2v) is 10.9. The van der Waals surface area contributed by atoms with Gasteiger partial charge in [0.05, 0.1) is 27.5 Å². The lowest BCUT2D eigenvalue weighted by Gasteiger charge is -2.14. The molecule has 2 heterocycles. The number of benzene rings is 2.